The molecule has 0 atom stereocenters. The first-order valence-electron chi connectivity index (χ1n) is 8.19. The van der Waals surface area contributed by atoms with Crippen molar-refractivity contribution in [2.24, 2.45) is 0 Å². The zero-order valence-corrected chi connectivity index (χ0v) is 16.3. The van der Waals surface area contributed by atoms with Crippen molar-refractivity contribution in [1.82, 2.24) is 4.90 Å². The molecule has 0 bridgehead atoms. The summed E-state index contributed by atoms with van der Waals surface area (Å²) >= 11 is 8.29. The standard InChI is InChI=1S/C19H20ClIN2O/c20-18-9-6-15(21)12-17(18)19(24)22-16-7-4-14(5-8-16)13-23-10-2-1-3-11-23/h4-9,12H,1-3,10-11,13H2,(H,22,24). The smallest absolute Gasteiger partial charge is 0.257 e. The minimum atomic E-state index is -0.178. The van der Waals surface area contributed by atoms with E-state index < -0.39 is 0 Å². The van der Waals surface area contributed by atoms with E-state index in [0.717, 1.165) is 15.8 Å². The molecule has 0 saturated carbocycles. The van der Waals surface area contributed by atoms with Crippen LogP contribution in [0.25, 0.3) is 0 Å². The fourth-order valence-corrected chi connectivity index (χ4v) is 3.63. The third-order valence-electron chi connectivity index (χ3n) is 4.24. The first-order valence-corrected chi connectivity index (χ1v) is 9.65. The SMILES string of the molecule is O=C(Nc1ccc(CN2CCCCC2)cc1)c1cc(I)ccc1Cl. The Bertz CT molecular complexity index is 712. The monoisotopic (exact) mass is 454 g/mol. The third kappa shape index (κ3) is 4.71. The van der Waals surface area contributed by atoms with Crippen LogP contribution in [-0.4, -0.2) is 23.9 Å². The van der Waals surface area contributed by atoms with Crippen molar-refractivity contribution in [3.63, 3.8) is 0 Å². The molecule has 0 unspecified atom stereocenters. The number of likely N-dealkylation sites (tertiary alicyclic amines) is 1. The van der Waals surface area contributed by atoms with Crippen molar-refractivity contribution < 1.29 is 4.79 Å². The summed E-state index contributed by atoms with van der Waals surface area (Å²) < 4.78 is 0.985. The Labute approximate surface area is 161 Å². The fourth-order valence-electron chi connectivity index (χ4n) is 2.94. The number of amides is 1. The van der Waals surface area contributed by atoms with Gasteiger partial charge in [0.1, 0.15) is 0 Å². The molecule has 5 heteroatoms. The van der Waals surface area contributed by atoms with Gasteiger partial charge in [-0.3, -0.25) is 9.69 Å². The molecular formula is C19H20ClIN2O. The number of piperidine rings is 1. The van der Waals surface area contributed by atoms with E-state index in [1.165, 1.54) is 37.9 Å². The number of rotatable bonds is 4. The van der Waals surface area contributed by atoms with Crippen LogP contribution in [0.4, 0.5) is 5.69 Å². The molecule has 126 valence electrons. The molecule has 0 aromatic heterocycles. The largest absolute Gasteiger partial charge is 0.322 e. The van der Waals surface area contributed by atoms with E-state index in [9.17, 15) is 4.79 Å². The number of nitrogens with one attached hydrogen (secondary N) is 1. The highest BCUT2D eigenvalue weighted by molar-refractivity contribution is 14.1. The van der Waals surface area contributed by atoms with Gasteiger partial charge >= 0.3 is 0 Å². The normalized spacial score (nSPS) is 15.2. The first kappa shape index (κ1) is 17.7. The van der Waals surface area contributed by atoms with Crippen LogP contribution >= 0.6 is 34.2 Å². The van der Waals surface area contributed by atoms with E-state index in [-0.39, 0.29) is 5.91 Å². The Hall–Kier alpha value is -1.11. The lowest BCUT2D eigenvalue weighted by Gasteiger charge is -2.26. The van der Waals surface area contributed by atoms with E-state index in [1.807, 2.05) is 18.2 Å². The van der Waals surface area contributed by atoms with Crippen LogP contribution in [-0.2, 0) is 6.54 Å². The van der Waals surface area contributed by atoms with E-state index in [2.05, 4.69) is 44.9 Å². The molecule has 1 fully saturated rings. The molecule has 1 aliphatic heterocycles. The summed E-state index contributed by atoms with van der Waals surface area (Å²) in [6, 6.07) is 13.5. The number of carbonyl (C=O) groups excluding carboxylic acids is 1. The maximum Gasteiger partial charge on any atom is 0.257 e. The quantitative estimate of drug-likeness (QED) is 0.646. The first-order chi connectivity index (χ1) is 11.6. The summed E-state index contributed by atoms with van der Waals surface area (Å²) in [7, 11) is 0. The average molecular weight is 455 g/mol. The number of anilines is 1. The van der Waals surface area contributed by atoms with Crippen LogP contribution in [0.2, 0.25) is 5.02 Å². The van der Waals surface area contributed by atoms with Crippen LogP contribution in [0.15, 0.2) is 42.5 Å². The molecule has 1 heterocycles. The molecule has 1 aliphatic rings. The minimum absolute atomic E-state index is 0.178. The lowest BCUT2D eigenvalue weighted by atomic mass is 10.1. The molecule has 1 saturated heterocycles. The van der Waals surface area contributed by atoms with Gasteiger partial charge in [-0.2, -0.15) is 0 Å². The van der Waals surface area contributed by atoms with E-state index in [4.69, 9.17) is 11.6 Å². The topological polar surface area (TPSA) is 32.3 Å². The van der Waals surface area contributed by atoms with E-state index in [0.29, 0.717) is 10.6 Å². The second kappa shape index (κ2) is 8.32. The minimum Gasteiger partial charge on any atom is -0.322 e. The number of hydrogen-bond donors (Lipinski definition) is 1. The lowest BCUT2D eigenvalue weighted by Crippen LogP contribution is -2.29. The summed E-state index contributed by atoms with van der Waals surface area (Å²) in [5.74, 6) is -0.178. The number of benzene rings is 2. The van der Waals surface area contributed by atoms with Crippen LogP contribution in [0.5, 0.6) is 0 Å². The molecule has 0 spiro atoms. The van der Waals surface area contributed by atoms with Gasteiger partial charge in [-0.1, -0.05) is 30.2 Å². The summed E-state index contributed by atoms with van der Waals surface area (Å²) in [4.78, 5) is 14.9. The molecule has 0 aliphatic carbocycles. The Morgan fingerprint density at radius 2 is 1.79 bits per heavy atom. The second-order valence-electron chi connectivity index (χ2n) is 6.11. The van der Waals surface area contributed by atoms with Crippen molar-refractivity contribution in [2.45, 2.75) is 25.8 Å². The highest BCUT2D eigenvalue weighted by Crippen LogP contribution is 2.21. The van der Waals surface area contributed by atoms with Gasteiger partial charge < -0.3 is 5.32 Å². The van der Waals surface area contributed by atoms with Crippen molar-refractivity contribution in [3.05, 3.63) is 62.2 Å². The van der Waals surface area contributed by atoms with Gasteiger partial charge in [-0.15, -0.1) is 0 Å². The maximum atomic E-state index is 12.4. The summed E-state index contributed by atoms with van der Waals surface area (Å²) in [5, 5.41) is 3.38. The van der Waals surface area contributed by atoms with Gasteiger partial charge in [0.25, 0.3) is 5.91 Å². The van der Waals surface area contributed by atoms with Crippen molar-refractivity contribution >= 4 is 45.8 Å². The molecule has 24 heavy (non-hydrogen) atoms. The molecule has 3 rings (SSSR count). The molecule has 3 nitrogen and oxygen atoms in total. The van der Waals surface area contributed by atoms with Crippen LogP contribution in [0.3, 0.4) is 0 Å². The Balaban J connectivity index is 1.63. The Morgan fingerprint density at radius 1 is 1.08 bits per heavy atom. The zero-order valence-electron chi connectivity index (χ0n) is 13.4. The molecule has 0 radical (unpaired) electrons. The molecule has 2 aromatic rings. The average Bonchev–Trinajstić information content (AvgIpc) is 2.59. The summed E-state index contributed by atoms with van der Waals surface area (Å²) in [6.45, 7) is 3.35. The highest BCUT2D eigenvalue weighted by atomic mass is 127. The Kier molecular flexibility index (Phi) is 6.14. The van der Waals surface area contributed by atoms with Crippen LogP contribution in [0, 0.1) is 3.57 Å². The van der Waals surface area contributed by atoms with Crippen molar-refractivity contribution in [2.75, 3.05) is 18.4 Å². The fraction of sp³-hybridized carbons (Fsp3) is 0.316. The molecule has 2 aromatic carbocycles. The zero-order chi connectivity index (χ0) is 16.9. The van der Waals surface area contributed by atoms with E-state index >= 15 is 0 Å². The third-order valence-corrected chi connectivity index (χ3v) is 5.24. The summed E-state index contributed by atoms with van der Waals surface area (Å²) in [6.07, 6.45) is 3.94. The van der Waals surface area contributed by atoms with Gasteiger partial charge in [0.05, 0.1) is 10.6 Å². The van der Waals surface area contributed by atoms with E-state index in [1.54, 1.807) is 12.1 Å². The maximum absolute atomic E-state index is 12.4. The van der Waals surface area contributed by atoms with Crippen LogP contribution in [0.1, 0.15) is 35.2 Å². The Morgan fingerprint density at radius 3 is 2.50 bits per heavy atom. The molecule has 1 N–H and O–H groups in total. The van der Waals surface area contributed by atoms with Gasteiger partial charge in [-0.25, -0.2) is 0 Å². The highest BCUT2D eigenvalue weighted by Gasteiger charge is 2.12. The molecule has 1 amide bonds. The summed E-state index contributed by atoms with van der Waals surface area (Å²) in [5.41, 5.74) is 2.57. The second-order valence-corrected chi connectivity index (χ2v) is 7.76. The predicted molar refractivity (Wildman–Crippen MR) is 108 cm³/mol. The number of hydrogen-bond acceptors (Lipinski definition) is 2. The van der Waals surface area contributed by atoms with Gasteiger partial charge in [-0.05, 0) is 84.4 Å². The van der Waals surface area contributed by atoms with Gasteiger partial charge in [0, 0.05) is 15.8 Å². The lowest BCUT2D eigenvalue weighted by molar-refractivity contribution is 0.102. The van der Waals surface area contributed by atoms with Gasteiger partial charge in [0.15, 0.2) is 0 Å². The number of carbonyl (C=O) groups is 1. The van der Waals surface area contributed by atoms with Crippen molar-refractivity contribution in [3.8, 4) is 0 Å². The molecular weight excluding hydrogens is 435 g/mol. The number of nitrogens with zero attached hydrogens (tertiary/aromatic N) is 1. The van der Waals surface area contributed by atoms with Crippen LogP contribution < -0.4 is 5.32 Å². The van der Waals surface area contributed by atoms with Gasteiger partial charge in [0.2, 0.25) is 0 Å². The predicted octanol–water partition coefficient (Wildman–Crippen LogP) is 5.18. The van der Waals surface area contributed by atoms with Crippen molar-refractivity contribution in [1.29, 1.82) is 0 Å². The number of halogens is 2.